The van der Waals surface area contributed by atoms with Gasteiger partial charge in [0, 0.05) is 23.7 Å². The fraction of sp³-hybridized carbons (Fsp3) is 0.0833. The van der Waals surface area contributed by atoms with Crippen LogP contribution in [0.2, 0.25) is 0 Å². The Balaban J connectivity index is 2.75. The van der Waals surface area contributed by atoms with Crippen LogP contribution in [0.5, 0.6) is 0 Å². The number of benzene rings is 1. The highest BCUT2D eigenvalue weighted by molar-refractivity contribution is 5.86. The van der Waals surface area contributed by atoms with E-state index in [1.165, 1.54) is 12.1 Å². The van der Waals surface area contributed by atoms with Gasteiger partial charge in [0.25, 0.3) is 0 Å². The SMILES string of the molecule is C=C(N)c1cc2cc(F)ccc2nc1NC. The van der Waals surface area contributed by atoms with Gasteiger partial charge in [-0.2, -0.15) is 0 Å². The number of nitrogens with one attached hydrogen (secondary N) is 1. The number of anilines is 1. The maximum absolute atomic E-state index is 13.1. The van der Waals surface area contributed by atoms with Gasteiger partial charge in [0.2, 0.25) is 0 Å². The van der Waals surface area contributed by atoms with Crippen LogP contribution in [0.4, 0.5) is 10.2 Å². The molecular formula is C12H12FN3. The average Bonchev–Trinajstić information content (AvgIpc) is 2.27. The first-order valence-corrected chi connectivity index (χ1v) is 4.84. The van der Waals surface area contributed by atoms with E-state index in [0.29, 0.717) is 22.5 Å². The third kappa shape index (κ3) is 1.69. The van der Waals surface area contributed by atoms with Gasteiger partial charge in [-0.1, -0.05) is 6.58 Å². The van der Waals surface area contributed by atoms with Crippen molar-refractivity contribution in [2.24, 2.45) is 5.73 Å². The number of aromatic nitrogens is 1. The summed E-state index contributed by atoms with van der Waals surface area (Å²) in [7, 11) is 1.75. The van der Waals surface area contributed by atoms with E-state index in [1.807, 2.05) is 0 Å². The molecule has 0 unspecified atom stereocenters. The third-order valence-electron chi connectivity index (χ3n) is 2.36. The molecule has 1 aromatic heterocycles. The minimum Gasteiger partial charge on any atom is -0.399 e. The predicted molar refractivity (Wildman–Crippen MR) is 64.5 cm³/mol. The molecule has 0 saturated carbocycles. The summed E-state index contributed by atoms with van der Waals surface area (Å²) < 4.78 is 13.1. The van der Waals surface area contributed by atoms with Gasteiger partial charge in [-0.25, -0.2) is 9.37 Å². The van der Waals surface area contributed by atoms with Crippen LogP contribution in [0.25, 0.3) is 16.6 Å². The molecule has 0 spiro atoms. The minimum absolute atomic E-state index is 0.292. The van der Waals surface area contributed by atoms with Gasteiger partial charge in [0.05, 0.1) is 5.52 Å². The molecule has 1 aromatic carbocycles. The lowest BCUT2D eigenvalue weighted by atomic mass is 10.1. The lowest BCUT2D eigenvalue weighted by Gasteiger charge is -2.09. The van der Waals surface area contributed by atoms with E-state index in [-0.39, 0.29) is 5.82 Å². The molecule has 2 aromatic rings. The normalized spacial score (nSPS) is 10.4. The first kappa shape index (κ1) is 10.4. The van der Waals surface area contributed by atoms with Gasteiger partial charge in [0.15, 0.2) is 0 Å². The molecule has 16 heavy (non-hydrogen) atoms. The van der Waals surface area contributed by atoms with E-state index in [4.69, 9.17) is 5.73 Å². The van der Waals surface area contributed by atoms with Crippen molar-refractivity contribution < 1.29 is 4.39 Å². The quantitative estimate of drug-likeness (QED) is 0.811. The maximum atomic E-state index is 13.1. The average molecular weight is 217 g/mol. The van der Waals surface area contributed by atoms with Crippen molar-refractivity contribution >= 4 is 22.4 Å². The van der Waals surface area contributed by atoms with E-state index >= 15 is 0 Å². The van der Waals surface area contributed by atoms with Crippen LogP contribution in [0.15, 0.2) is 30.8 Å². The number of halogens is 1. The largest absolute Gasteiger partial charge is 0.399 e. The van der Waals surface area contributed by atoms with Crippen LogP contribution < -0.4 is 11.1 Å². The topological polar surface area (TPSA) is 50.9 Å². The summed E-state index contributed by atoms with van der Waals surface area (Å²) in [5.74, 6) is 0.353. The number of hydrogen-bond donors (Lipinski definition) is 2. The molecule has 2 rings (SSSR count). The monoisotopic (exact) mass is 217 g/mol. The van der Waals surface area contributed by atoms with E-state index in [9.17, 15) is 4.39 Å². The Labute approximate surface area is 92.8 Å². The zero-order valence-electron chi connectivity index (χ0n) is 8.92. The Morgan fingerprint density at radius 3 is 2.81 bits per heavy atom. The first-order chi connectivity index (χ1) is 7.61. The summed E-state index contributed by atoms with van der Waals surface area (Å²) in [5, 5.41) is 3.65. The molecule has 4 heteroatoms. The number of fused-ring (bicyclic) bond motifs is 1. The molecule has 82 valence electrons. The lowest BCUT2D eigenvalue weighted by molar-refractivity contribution is 0.629. The Hall–Kier alpha value is -2.10. The third-order valence-corrected chi connectivity index (χ3v) is 2.36. The number of nitrogens with zero attached hydrogens (tertiary/aromatic N) is 1. The molecule has 0 aliphatic heterocycles. The second-order valence-corrected chi connectivity index (χ2v) is 3.50. The van der Waals surface area contributed by atoms with E-state index in [0.717, 1.165) is 5.52 Å². The Morgan fingerprint density at radius 2 is 2.19 bits per heavy atom. The molecule has 0 bridgehead atoms. The summed E-state index contributed by atoms with van der Waals surface area (Å²) in [6, 6.07) is 6.22. The molecule has 0 aliphatic rings. The Morgan fingerprint density at radius 1 is 1.44 bits per heavy atom. The van der Waals surface area contributed by atoms with Crippen LogP contribution >= 0.6 is 0 Å². The summed E-state index contributed by atoms with van der Waals surface area (Å²) in [5.41, 5.74) is 7.47. The molecule has 1 heterocycles. The fourth-order valence-corrected chi connectivity index (χ4v) is 1.58. The van der Waals surface area contributed by atoms with Crippen molar-refractivity contribution in [1.29, 1.82) is 0 Å². The van der Waals surface area contributed by atoms with Crippen molar-refractivity contribution in [3.63, 3.8) is 0 Å². The van der Waals surface area contributed by atoms with Gasteiger partial charge >= 0.3 is 0 Å². The van der Waals surface area contributed by atoms with Crippen molar-refractivity contribution in [3.05, 3.63) is 42.2 Å². The molecule has 0 amide bonds. The number of pyridine rings is 1. The zero-order valence-corrected chi connectivity index (χ0v) is 8.92. The molecule has 0 aliphatic carbocycles. The predicted octanol–water partition coefficient (Wildman–Crippen LogP) is 2.35. The number of hydrogen-bond acceptors (Lipinski definition) is 3. The molecule has 0 atom stereocenters. The maximum Gasteiger partial charge on any atom is 0.135 e. The van der Waals surface area contributed by atoms with E-state index in [2.05, 4.69) is 16.9 Å². The van der Waals surface area contributed by atoms with Crippen molar-refractivity contribution in [2.75, 3.05) is 12.4 Å². The van der Waals surface area contributed by atoms with Crippen LogP contribution in [-0.2, 0) is 0 Å². The fourth-order valence-electron chi connectivity index (χ4n) is 1.58. The van der Waals surface area contributed by atoms with E-state index in [1.54, 1.807) is 19.2 Å². The molecular weight excluding hydrogens is 205 g/mol. The standard InChI is InChI=1S/C12H12FN3/c1-7(14)10-6-8-5-9(13)3-4-11(8)16-12(10)15-2/h3-6H,1,14H2,2H3,(H,15,16). The van der Waals surface area contributed by atoms with Crippen molar-refractivity contribution in [3.8, 4) is 0 Å². The second kappa shape index (κ2) is 3.81. The van der Waals surface area contributed by atoms with Gasteiger partial charge in [0.1, 0.15) is 11.6 Å². The smallest absolute Gasteiger partial charge is 0.135 e. The van der Waals surface area contributed by atoms with Crippen molar-refractivity contribution in [2.45, 2.75) is 0 Å². The molecule has 0 fully saturated rings. The Kier molecular flexibility index (Phi) is 2.48. The number of nitrogens with two attached hydrogens (primary N) is 1. The van der Waals surface area contributed by atoms with Crippen LogP contribution in [0.1, 0.15) is 5.56 Å². The lowest BCUT2D eigenvalue weighted by Crippen LogP contribution is -2.02. The Bertz CT molecular complexity index is 563. The zero-order chi connectivity index (χ0) is 11.7. The summed E-state index contributed by atoms with van der Waals surface area (Å²) in [6.45, 7) is 3.67. The van der Waals surface area contributed by atoms with Crippen LogP contribution in [0, 0.1) is 5.82 Å². The van der Waals surface area contributed by atoms with Gasteiger partial charge in [-0.05, 0) is 24.3 Å². The summed E-state index contributed by atoms with van der Waals surface area (Å²) in [6.07, 6.45) is 0. The molecule has 0 radical (unpaired) electrons. The van der Waals surface area contributed by atoms with Crippen molar-refractivity contribution in [1.82, 2.24) is 4.98 Å². The molecule has 3 nitrogen and oxygen atoms in total. The van der Waals surface area contributed by atoms with Gasteiger partial charge in [-0.3, -0.25) is 0 Å². The minimum atomic E-state index is -0.292. The summed E-state index contributed by atoms with van der Waals surface area (Å²) in [4.78, 5) is 4.34. The highest BCUT2D eigenvalue weighted by Gasteiger charge is 2.07. The van der Waals surface area contributed by atoms with Crippen LogP contribution in [-0.4, -0.2) is 12.0 Å². The highest BCUT2D eigenvalue weighted by atomic mass is 19.1. The summed E-state index contributed by atoms with van der Waals surface area (Å²) >= 11 is 0. The van der Waals surface area contributed by atoms with E-state index < -0.39 is 0 Å². The van der Waals surface area contributed by atoms with Gasteiger partial charge < -0.3 is 11.1 Å². The molecule has 0 saturated heterocycles. The first-order valence-electron chi connectivity index (χ1n) is 4.84. The van der Waals surface area contributed by atoms with Crippen LogP contribution in [0.3, 0.4) is 0 Å². The highest BCUT2D eigenvalue weighted by Crippen LogP contribution is 2.23. The molecule has 3 N–H and O–H groups in total. The second-order valence-electron chi connectivity index (χ2n) is 3.50. The van der Waals surface area contributed by atoms with Gasteiger partial charge in [-0.15, -0.1) is 0 Å². The number of rotatable bonds is 2.